The van der Waals surface area contributed by atoms with Gasteiger partial charge in [-0.05, 0) is 31.0 Å². The maximum Gasteiger partial charge on any atom is 0.0963 e. The fourth-order valence-electron chi connectivity index (χ4n) is 1.63. The smallest absolute Gasteiger partial charge is 0.0963 e. The first-order chi connectivity index (χ1) is 7.74. The summed E-state index contributed by atoms with van der Waals surface area (Å²) in [6, 6.07) is 5.53. The monoisotopic (exact) mass is 269 g/mol. The largest absolute Gasteiger partial charge is 0.241 e. The Morgan fingerprint density at radius 3 is 2.75 bits per heavy atom. The third kappa shape index (κ3) is 1.97. The lowest BCUT2D eigenvalue weighted by Crippen LogP contribution is -1.81. The Hall–Kier alpha value is -0.570. The zero-order chi connectivity index (χ0) is 11.1. The molecule has 0 atom stereocenters. The van der Waals surface area contributed by atoms with Gasteiger partial charge in [-0.15, -0.1) is 11.3 Å². The number of hydrogen-bond donors (Lipinski definition) is 0. The summed E-state index contributed by atoms with van der Waals surface area (Å²) >= 11 is 13.7. The summed E-state index contributed by atoms with van der Waals surface area (Å²) in [7, 11) is 0. The van der Waals surface area contributed by atoms with Gasteiger partial charge in [0.2, 0.25) is 0 Å². The maximum absolute atomic E-state index is 6.15. The van der Waals surface area contributed by atoms with Crippen LogP contribution in [0.1, 0.15) is 23.8 Å². The van der Waals surface area contributed by atoms with Crippen LogP contribution in [0.4, 0.5) is 0 Å². The van der Waals surface area contributed by atoms with Crippen LogP contribution >= 0.6 is 34.5 Å². The van der Waals surface area contributed by atoms with Crippen LogP contribution in [0.15, 0.2) is 23.6 Å². The van der Waals surface area contributed by atoms with Crippen LogP contribution in [0, 0.1) is 0 Å². The molecule has 1 aliphatic rings. The Morgan fingerprint density at radius 2 is 2.06 bits per heavy atom. The summed E-state index contributed by atoms with van der Waals surface area (Å²) in [6.45, 7) is 0. The number of aromatic nitrogens is 1. The number of hydrogen-bond acceptors (Lipinski definition) is 2. The zero-order valence-corrected chi connectivity index (χ0v) is 10.7. The quantitative estimate of drug-likeness (QED) is 0.748. The Balaban J connectivity index is 2.00. The molecule has 1 aliphatic carbocycles. The summed E-state index contributed by atoms with van der Waals surface area (Å²) in [5, 5.41) is 4.63. The first-order valence-electron chi connectivity index (χ1n) is 5.15. The van der Waals surface area contributed by atoms with E-state index in [1.165, 1.54) is 17.8 Å². The van der Waals surface area contributed by atoms with Crippen LogP contribution in [0.3, 0.4) is 0 Å². The van der Waals surface area contributed by atoms with Crippen molar-refractivity contribution in [1.29, 1.82) is 0 Å². The molecule has 16 heavy (non-hydrogen) atoms. The van der Waals surface area contributed by atoms with E-state index in [-0.39, 0.29) is 0 Å². The highest BCUT2D eigenvalue weighted by Gasteiger charge is 2.26. The van der Waals surface area contributed by atoms with Crippen molar-refractivity contribution in [2.24, 2.45) is 0 Å². The number of thiazole rings is 1. The molecule has 4 heteroatoms. The first-order valence-corrected chi connectivity index (χ1v) is 6.78. The van der Waals surface area contributed by atoms with E-state index < -0.39 is 0 Å². The number of benzene rings is 1. The van der Waals surface area contributed by atoms with Crippen molar-refractivity contribution >= 4 is 34.5 Å². The third-order valence-corrected chi connectivity index (χ3v) is 4.21. The predicted octanol–water partition coefficient (Wildman–Crippen LogP) is 4.99. The molecule has 0 N–H and O–H groups in total. The van der Waals surface area contributed by atoms with E-state index in [9.17, 15) is 0 Å². The summed E-state index contributed by atoms with van der Waals surface area (Å²) in [5.41, 5.74) is 1.93. The molecule has 0 radical (unpaired) electrons. The number of rotatable bonds is 2. The zero-order valence-electron chi connectivity index (χ0n) is 8.41. The van der Waals surface area contributed by atoms with Gasteiger partial charge < -0.3 is 0 Å². The van der Waals surface area contributed by atoms with Gasteiger partial charge >= 0.3 is 0 Å². The predicted molar refractivity (Wildman–Crippen MR) is 69.5 cm³/mol. The lowest BCUT2D eigenvalue weighted by molar-refractivity contribution is 1.09. The van der Waals surface area contributed by atoms with Crippen LogP contribution in [0.2, 0.25) is 10.0 Å². The van der Waals surface area contributed by atoms with Crippen molar-refractivity contribution in [2.75, 3.05) is 0 Å². The van der Waals surface area contributed by atoms with E-state index >= 15 is 0 Å². The molecule has 1 aromatic heterocycles. The van der Waals surface area contributed by atoms with Gasteiger partial charge in [0.25, 0.3) is 0 Å². The molecule has 1 fully saturated rings. The van der Waals surface area contributed by atoms with Gasteiger partial charge in [0.15, 0.2) is 0 Å². The average molecular weight is 270 g/mol. The molecule has 0 bridgehead atoms. The van der Waals surface area contributed by atoms with Crippen LogP contribution < -0.4 is 0 Å². The molecule has 3 rings (SSSR count). The van der Waals surface area contributed by atoms with Gasteiger partial charge in [-0.1, -0.05) is 23.2 Å². The first kappa shape index (κ1) is 10.6. The van der Waals surface area contributed by atoms with Crippen molar-refractivity contribution in [2.45, 2.75) is 18.8 Å². The second-order valence-corrected chi connectivity index (χ2v) is 5.70. The molecule has 0 saturated heterocycles. The standard InChI is InChI=1S/C12H9Cl2NS/c13-8-3-4-9(10(14)5-8)11-6-16-12(15-11)7-1-2-7/h3-7H,1-2H2. The van der Waals surface area contributed by atoms with E-state index in [1.807, 2.05) is 12.1 Å². The van der Waals surface area contributed by atoms with Crippen molar-refractivity contribution in [3.63, 3.8) is 0 Å². The highest BCUT2D eigenvalue weighted by atomic mass is 35.5. The molecule has 1 aromatic carbocycles. The van der Waals surface area contributed by atoms with Crippen molar-refractivity contribution in [3.05, 3.63) is 38.6 Å². The molecule has 1 saturated carbocycles. The fraction of sp³-hybridized carbons (Fsp3) is 0.250. The molecular weight excluding hydrogens is 261 g/mol. The van der Waals surface area contributed by atoms with E-state index in [0.717, 1.165) is 11.3 Å². The average Bonchev–Trinajstić information content (AvgIpc) is 2.98. The van der Waals surface area contributed by atoms with Gasteiger partial charge in [0.1, 0.15) is 0 Å². The van der Waals surface area contributed by atoms with E-state index in [0.29, 0.717) is 16.0 Å². The van der Waals surface area contributed by atoms with Crippen LogP contribution in [-0.2, 0) is 0 Å². The summed E-state index contributed by atoms with van der Waals surface area (Å²) < 4.78 is 0. The molecule has 2 aromatic rings. The Kier molecular flexibility index (Phi) is 2.66. The molecule has 82 valence electrons. The van der Waals surface area contributed by atoms with Crippen LogP contribution in [-0.4, -0.2) is 4.98 Å². The molecule has 0 amide bonds. The SMILES string of the molecule is Clc1ccc(-c2csc(C3CC3)n2)c(Cl)c1. The lowest BCUT2D eigenvalue weighted by Gasteiger charge is -2.00. The summed E-state index contributed by atoms with van der Waals surface area (Å²) in [6.07, 6.45) is 2.56. The van der Waals surface area contributed by atoms with Gasteiger partial charge in [-0.2, -0.15) is 0 Å². The minimum Gasteiger partial charge on any atom is -0.241 e. The van der Waals surface area contributed by atoms with E-state index in [2.05, 4.69) is 10.4 Å². The normalized spacial score (nSPS) is 15.4. The van der Waals surface area contributed by atoms with Gasteiger partial charge in [-0.25, -0.2) is 4.98 Å². The molecule has 0 aliphatic heterocycles. The minimum atomic E-state index is 0.659. The van der Waals surface area contributed by atoms with Crippen LogP contribution in [0.5, 0.6) is 0 Å². The summed E-state index contributed by atoms with van der Waals surface area (Å²) in [5.74, 6) is 0.699. The Morgan fingerprint density at radius 1 is 1.25 bits per heavy atom. The number of nitrogens with zero attached hydrogens (tertiary/aromatic N) is 1. The van der Waals surface area contributed by atoms with E-state index in [4.69, 9.17) is 23.2 Å². The molecule has 0 unspecified atom stereocenters. The topological polar surface area (TPSA) is 12.9 Å². The highest BCUT2D eigenvalue weighted by Crippen LogP contribution is 2.43. The molecule has 1 nitrogen and oxygen atoms in total. The second kappa shape index (κ2) is 4.02. The molecular formula is C12H9Cl2NS. The van der Waals surface area contributed by atoms with Gasteiger partial charge in [0.05, 0.1) is 15.7 Å². The molecule has 1 heterocycles. The third-order valence-electron chi connectivity index (χ3n) is 2.66. The van der Waals surface area contributed by atoms with Crippen LogP contribution in [0.25, 0.3) is 11.3 Å². The highest BCUT2D eigenvalue weighted by molar-refractivity contribution is 7.10. The van der Waals surface area contributed by atoms with Crippen molar-refractivity contribution in [3.8, 4) is 11.3 Å². The van der Waals surface area contributed by atoms with Gasteiger partial charge in [0, 0.05) is 21.9 Å². The lowest BCUT2D eigenvalue weighted by atomic mass is 10.2. The van der Waals surface area contributed by atoms with E-state index in [1.54, 1.807) is 17.4 Å². The minimum absolute atomic E-state index is 0.659. The van der Waals surface area contributed by atoms with Gasteiger partial charge in [-0.3, -0.25) is 0 Å². The fourth-order valence-corrected chi connectivity index (χ4v) is 3.12. The Bertz CT molecular complexity index is 532. The summed E-state index contributed by atoms with van der Waals surface area (Å²) in [4.78, 5) is 4.62. The van der Waals surface area contributed by atoms with Crippen molar-refractivity contribution < 1.29 is 0 Å². The number of halogens is 2. The Labute approximate surface area is 108 Å². The maximum atomic E-state index is 6.15. The van der Waals surface area contributed by atoms with Crippen molar-refractivity contribution in [1.82, 2.24) is 4.98 Å². The molecule has 0 spiro atoms. The second-order valence-electron chi connectivity index (χ2n) is 3.97.